The highest BCUT2D eigenvalue weighted by atomic mass is 79.9. The number of nitrogens with zero attached hydrogens (tertiary/aromatic N) is 1. The highest BCUT2D eigenvalue weighted by molar-refractivity contribution is 9.10. The minimum absolute atomic E-state index is 0. The molecule has 4 nitrogen and oxygen atoms in total. The van der Waals surface area contributed by atoms with E-state index in [9.17, 15) is 13.2 Å². The molecule has 132 valence electrons. The Hall–Kier alpha value is -0.700. The fourth-order valence-electron chi connectivity index (χ4n) is 2.59. The molecule has 1 N–H and O–H groups in total. The molecule has 1 atom stereocenters. The van der Waals surface area contributed by atoms with E-state index in [0.29, 0.717) is 42.2 Å². The zero-order valence-electron chi connectivity index (χ0n) is 12.7. The maximum absolute atomic E-state index is 13.6. The van der Waals surface area contributed by atoms with Crippen LogP contribution in [-0.4, -0.2) is 51.5 Å². The maximum atomic E-state index is 13.6. The van der Waals surface area contributed by atoms with Crippen LogP contribution in [-0.2, 0) is 0 Å². The number of alkyl halides is 3. The van der Waals surface area contributed by atoms with E-state index in [-0.39, 0.29) is 18.0 Å². The second-order valence-electron chi connectivity index (χ2n) is 4.97. The number of halogens is 5. The van der Waals surface area contributed by atoms with Crippen LogP contribution >= 0.6 is 28.3 Å². The van der Waals surface area contributed by atoms with Crippen molar-refractivity contribution in [2.45, 2.75) is 12.2 Å². The van der Waals surface area contributed by atoms with Gasteiger partial charge in [-0.1, -0.05) is 0 Å². The molecule has 0 amide bonds. The SMILES string of the molecule is COc1cc([C@H](N2CCNCC2)C(F)(F)F)cc(OC)c1Br.Cl. The monoisotopic (exact) mass is 418 g/mol. The Morgan fingerprint density at radius 1 is 1.13 bits per heavy atom. The Kier molecular flexibility index (Phi) is 7.44. The average Bonchev–Trinajstić information content (AvgIpc) is 2.48. The van der Waals surface area contributed by atoms with E-state index in [1.165, 1.54) is 31.3 Å². The van der Waals surface area contributed by atoms with Gasteiger partial charge in [-0.2, -0.15) is 13.2 Å². The zero-order valence-corrected chi connectivity index (χ0v) is 15.1. The Balaban J connectivity index is 0.00000264. The Morgan fingerprint density at radius 3 is 2.00 bits per heavy atom. The lowest BCUT2D eigenvalue weighted by Crippen LogP contribution is -2.49. The van der Waals surface area contributed by atoms with Gasteiger partial charge in [-0.3, -0.25) is 4.90 Å². The third-order valence-electron chi connectivity index (χ3n) is 3.61. The van der Waals surface area contributed by atoms with Crippen molar-refractivity contribution in [1.82, 2.24) is 10.2 Å². The third-order valence-corrected chi connectivity index (χ3v) is 4.39. The molecule has 2 rings (SSSR count). The van der Waals surface area contributed by atoms with E-state index in [1.807, 2.05) is 0 Å². The summed E-state index contributed by atoms with van der Waals surface area (Å²) in [5.41, 5.74) is 0.117. The highest BCUT2D eigenvalue weighted by Gasteiger charge is 2.45. The van der Waals surface area contributed by atoms with Gasteiger partial charge in [-0.25, -0.2) is 0 Å². The van der Waals surface area contributed by atoms with Gasteiger partial charge in [-0.15, -0.1) is 12.4 Å². The third kappa shape index (κ3) is 4.65. The Morgan fingerprint density at radius 2 is 1.61 bits per heavy atom. The van der Waals surface area contributed by atoms with Crippen molar-refractivity contribution in [3.05, 3.63) is 22.2 Å². The Bertz CT molecular complexity index is 500. The molecule has 1 aromatic carbocycles. The van der Waals surface area contributed by atoms with Gasteiger partial charge in [0.15, 0.2) is 0 Å². The minimum Gasteiger partial charge on any atom is -0.495 e. The molecule has 9 heteroatoms. The van der Waals surface area contributed by atoms with E-state index >= 15 is 0 Å². The van der Waals surface area contributed by atoms with Crippen molar-refractivity contribution in [3.63, 3.8) is 0 Å². The maximum Gasteiger partial charge on any atom is 0.408 e. The van der Waals surface area contributed by atoms with Crippen molar-refractivity contribution in [1.29, 1.82) is 0 Å². The predicted octanol–water partition coefficient (Wildman–Crippen LogP) is 3.40. The molecular weight excluding hydrogens is 401 g/mol. The van der Waals surface area contributed by atoms with Crippen LogP contribution in [0.5, 0.6) is 11.5 Å². The molecule has 1 saturated heterocycles. The largest absolute Gasteiger partial charge is 0.495 e. The summed E-state index contributed by atoms with van der Waals surface area (Å²) in [6.07, 6.45) is -4.37. The van der Waals surface area contributed by atoms with Gasteiger partial charge in [0.1, 0.15) is 22.0 Å². The van der Waals surface area contributed by atoms with Crippen molar-refractivity contribution in [2.75, 3.05) is 40.4 Å². The second kappa shape index (κ2) is 8.41. The number of piperazine rings is 1. The zero-order chi connectivity index (χ0) is 16.3. The van der Waals surface area contributed by atoms with Crippen molar-refractivity contribution in [2.24, 2.45) is 0 Å². The van der Waals surface area contributed by atoms with Crippen LogP contribution in [0.3, 0.4) is 0 Å². The summed E-state index contributed by atoms with van der Waals surface area (Å²) in [4.78, 5) is 1.43. The van der Waals surface area contributed by atoms with Gasteiger partial charge < -0.3 is 14.8 Å². The van der Waals surface area contributed by atoms with Crippen LogP contribution in [0.1, 0.15) is 11.6 Å². The molecule has 1 fully saturated rings. The number of nitrogens with one attached hydrogen (secondary N) is 1. The first kappa shape index (κ1) is 20.3. The molecule has 0 aliphatic carbocycles. The smallest absolute Gasteiger partial charge is 0.408 e. The number of methoxy groups -OCH3 is 2. The number of benzene rings is 1. The summed E-state index contributed by atoms with van der Waals surface area (Å²) in [5, 5.41) is 3.06. The van der Waals surface area contributed by atoms with Crippen LogP contribution in [0.25, 0.3) is 0 Å². The van der Waals surface area contributed by atoms with E-state index in [0.717, 1.165) is 0 Å². The van der Waals surface area contributed by atoms with Crippen LogP contribution in [0.2, 0.25) is 0 Å². The summed E-state index contributed by atoms with van der Waals surface area (Å²) < 4.78 is 51.6. The number of hydrogen-bond acceptors (Lipinski definition) is 4. The Labute approximate surface area is 147 Å². The first-order valence-electron chi connectivity index (χ1n) is 6.81. The van der Waals surface area contributed by atoms with E-state index in [4.69, 9.17) is 9.47 Å². The molecule has 0 aromatic heterocycles. The summed E-state index contributed by atoms with van der Waals surface area (Å²) in [6.45, 7) is 1.75. The second-order valence-corrected chi connectivity index (χ2v) is 5.76. The quantitative estimate of drug-likeness (QED) is 0.811. The van der Waals surface area contributed by atoms with Gasteiger partial charge in [0.2, 0.25) is 0 Å². The topological polar surface area (TPSA) is 33.7 Å². The molecule has 1 heterocycles. The fourth-order valence-corrected chi connectivity index (χ4v) is 3.15. The van der Waals surface area contributed by atoms with Crippen LogP contribution in [0.4, 0.5) is 13.2 Å². The van der Waals surface area contributed by atoms with Crippen LogP contribution in [0.15, 0.2) is 16.6 Å². The van der Waals surface area contributed by atoms with E-state index in [2.05, 4.69) is 21.2 Å². The van der Waals surface area contributed by atoms with Crippen molar-refractivity contribution < 1.29 is 22.6 Å². The molecular formula is C14H19BrClF3N2O2. The lowest BCUT2D eigenvalue weighted by molar-refractivity contribution is -0.187. The molecule has 0 bridgehead atoms. The van der Waals surface area contributed by atoms with Crippen LogP contribution < -0.4 is 14.8 Å². The molecule has 1 aliphatic rings. The molecule has 1 aromatic rings. The van der Waals surface area contributed by atoms with E-state index in [1.54, 1.807) is 0 Å². The van der Waals surface area contributed by atoms with Gasteiger partial charge in [0, 0.05) is 26.2 Å². The fraction of sp³-hybridized carbons (Fsp3) is 0.571. The molecule has 0 radical (unpaired) electrons. The summed E-state index contributed by atoms with van der Waals surface area (Å²) >= 11 is 3.28. The number of hydrogen-bond donors (Lipinski definition) is 1. The lowest BCUT2D eigenvalue weighted by atomic mass is 10.0. The first-order chi connectivity index (χ1) is 10.4. The molecule has 1 aliphatic heterocycles. The van der Waals surface area contributed by atoms with Crippen LogP contribution in [0, 0.1) is 0 Å². The first-order valence-corrected chi connectivity index (χ1v) is 7.60. The van der Waals surface area contributed by atoms with Gasteiger partial charge in [-0.05, 0) is 33.6 Å². The number of ether oxygens (including phenoxy) is 2. The van der Waals surface area contributed by atoms with E-state index < -0.39 is 12.2 Å². The van der Waals surface area contributed by atoms with Crippen molar-refractivity contribution in [3.8, 4) is 11.5 Å². The van der Waals surface area contributed by atoms with Gasteiger partial charge in [0.25, 0.3) is 0 Å². The molecule has 0 spiro atoms. The molecule has 0 saturated carbocycles. The average molecular weight is 420 g/mol. The molecule has 23 heavy (non-hydrogen) atoms. The van der Waals surface area contributed by atoms with Crippen molar-refractivity contribution >= 4 is 28.3 Å². The summed E-state index contributed by atoms with van der Waals surface area (Å²) in [5.74, 6) is 0.637. The highest BCUT2D eigenvalue weighted by Crippen LogP contribution is 2.43. The molecule has 0 unspecified atom stereocenters. The normalized spacial score (nSPS) is 17.3. The number of rotatable bonds is 4. The summed E-state index contributed by atoms with van der Waals surface area (Å²) in [6, 6.07) is 1.14. The van der Waals surface area contributed by atoms with Gasteiger partial charge in [0.05, 0.1) is 14.2 Å². The standard InChI is InChI=1S/C14H18BrF3N2O2.ClH/c1-21-10-7-9(8-11(22-2)12(10)15)13(14(16,17)18)20-5-3-19-4-6-20;/h7-8,13,19H,3-6H2,1-2H3;1H/t13-;/m0./s1. The predicted molar refractivity (Wildman–Crippen MR) is 87.7 cm³/mol. The summed E-state index contributed by atoms with van der Waals surface area (Å²) in [7, 11) is 2.83. The minimum atomic E-state index is -4.37. The van der Waals surface area contributed by atoms with Gasteiger partial charge >= 0.3 is 6.18 Å². The lowest BCUT2D eigenvalue weighted by Gasteiger charge is -2.36.